The van der Waals surface area contributed by atoms with E-state index in [9.17, 15) is 4.39 Å². The van der Waals surface area contributed by atoms with Gasteiger partial charge >= 0.3 is 0 Å². The maximum Gasteiger partial charge on any atom is 0.138 e. The molecule has 0 heterocycles. The zero-order valence-corrected chi connectivity index (χ0v) is 10.4. The number of anilines is 1. The van der Waals surface area contributed by atoms with Gasteiger partial charge in [-0.25, -0.2) is 4.39 Å². The topological polar surface area (TPSA) is 38.0 Å². The zero-order valence-electron chi connectivity index (χ0n) is 8.22. The van der Waals surface area contributed by atoms with E-state index in [2.05, 4.69) is 5.32 Å². The summed E-state index contributed by atoms with van der Waals surface area (Å²) in [6, 6.07) is 5.15. The van der Waals surface area contributed by atoms with E-state index in [-0.39, 0.29) is 17.9 Å². The molecule has 0 bridgehead atoms. The molecule has 0 aliphatic heterocycles. The van der Waals surface area contributed by atoms with Gasteiger partial charge in [0.25, 0.3) is 0 Å². The fourth-order valence-electron chi connectivity index (χ4n) is 0.992. The first-order chi connectivity index (χ1) is 6.52. The van der Waals surface area contributed by atoms with Gasteiger partial charge in [0.05, 0.1) is 9.26 Å². The molecule has 0 aliphatic rings. The van der Waals surface area contributed by atoms with Crippen molar-refractivity contribution in [2.45, 2.75) is 25.9 Å². The predicted octanol–water partition coefficient (Wildman–Crippen LogP) is 2.58. The Morgan fingerprint density at radius 2 is 2.07 bits per heavy atom. The highest BCUT2D eigenvalue weighted by Gasteiger charge is 2.10. The van der Waals surface area contributed by atoms with Crippen molar-refractivity contribution in [3.05, 3.63) is 27.6 Å². The van der Waals surface area contributed by atoms with Gasteiger partial charge in [-0.1, -0.05) is 6.07 Å². The zero-order chi connectivity index (χ0) is 10.7. The Hall–Kier alpha value is -0.360. The number of nitrogens with one attached hydrogen (secondary N) is 1. The fourth-order valence-corrected chi connectivity index (χ4v) is 1.51. The third-order valence-corrected chi connectivity index (χ3v) is 3.22. The molecule has 3 N–H and O–H groups in total. The van der Waals surface area contributed by atoms with Crippen molar-refractivity contribution in [1.29, 1.82) is 0 Å². The van der Waals surface area contributed by atoms with Crippen LogP contribution in [0.2, 0.25) is 0 Å². The molecule has 78 valence electrons. The van der Waals surface area contributed by atoms with Crippen LogP contribution >= 0.6 is 22.6 Å². The maximum absolute atomic E-state index is 13.2. The number of rotatable bonds is 3. The van der Waals surface area contributed by atoms with E-state index in [0.29, 0.717) is 3.57 Å². The lowest BCUT2D eigenvalue weighted by Gasteiger charge is -2.19. The van der Waals surface area contributed by atoms with Crippen LogP contribution in [-0.4, -0.2) is 12.1 Å². The molecule has 2 nitrogen and oxygen atoms in total. The van der Waals surface area contributed by atoms with Crippen molar-refractivity contribution in [1.82, 2.24) is 0 Å². The smallest absolute Gasteiger partial charge is 0.138 e. The average molecular weight is 308 g/mol. The molecule has 4 heteroatoms. The molecule has 0 fully saturated rings. The summed E-state index contributed by atoms with van der Waals surface area (Å²) < 4.78 is 13.8. The van der Waals surface area contributed by atoms with Crippen LogP contribution in [0.25, 0.3) is 0 Å². The van der Waals surface area contributed by atoms with Gasteiger partial charge in [0.15, 0.2) is 0 Å². The van der Waals surface area contributed by atoms with E-state index in [1.54, 1.807) is 6.07 Å². The summed E-state index contributed by atoms with van der Waals surface area (Å²) in [7, 11) is 0. The third-order valence-electron chi connectivity index (χ3n) is 2.12. The van der Waals surface area contributed by atoms with Gasteiger partial charge in [0.2, 0.25) is 0 Å². The fraction of sp³-hybridized carbons (Fsp3) is 0.400. The molecule has 0 saturated heterocycles. The van der Waals surface area contributed by atoms with Crippen LogP contribution in [-0.2, 0) is 0 Å². The molecule has 1 aromatic carbocycles. The van der Waals surface area contributed by atoms with E-state index < -0.39 is 0 Å². The van der Waals surface area contributed by atoms with Crippen LogP contribution < -0.4 is 11.1 Å². The van der Waals surface area contributed by atoms with Crippen molar-refractivity contribution < 1.29 is 4.39 Å². The molecule has 2 unspecified atom stereocenters. The highest BCUT2D eigenvalue weighted by molar-refractivity contribution is 14.1. The maximum atomic E-state index is 13.2. The van der Waals surface area contributed by atoms with Crippen LogP contribution in [0.5, 0.6) is 0 Å². The monoisotopic (exact) mass is 308 g/mol. The minimum absolute atomic E-state index is 0.0362. The summed E-state index contributed by atoms with van der Waals surface area (Å²) in [5.74, 6) is -0.201. The number of benzene rings is 1. The van der Waals surface area contributed by atoms with E-state index in [1.165, 1.54) is 6.07 Å². The molecular weight excluding hydrogens is 294 g/mol. The lowest BCUT2D eigenvalue weighted by Crippen LogP contribution is -2.35. The molecular formula is C10H14FIN2. The van der Waals surface area contributed by atoms with Gasteiger partial charge in [-0.15, -0.1) is 0 Å². The van der Waals surface area contributed by atoms with Gasteiger partial charge in [-0.2, -0.15) is 0 Å². The Kier molecular flexibility index (Phi) is 4.12. The second kappa shape index (κ2) is 4.93. The van der Waals surface area contributed by atoms with Gasteiger partial charge in [0.1, 0.15) is 5.82 Å². The van der Waals surface area contributed by atoms with Crippen LogP contribution in [0.15, 0.2) is 18.2 Å². The van der Waals surface area contributed by atoms with Gasteiger partial charge in [-0.3, -0.25) is 0 Å². The molecule has 0 saturated carbocycles. The minimum atomic E-state index is -0.201. The highest BCUT2D eigenvalue weighted by Crippen LogP contribution is 2.21. The summed E-state index contributed by atoms with van der Waals surface area (Å²) in [6.45, 7) is 3.90. The minimum Gasteiger partial charge on any atom is -0.380 e. The molecule has 0 amide bonds. The Balaban J connectivity index is 2.82. The van der Waals surface area contributed by atoms with E-state index in [4.69, 9.17) is 5.73 Å². The quantitative estimate of drug-likeness (QED) is 0.842. The highest BCUT2D eigenvalue weighted by atomic mass is 127. The average Bonchev–Trinajstić information content (AvgIpc) is 2.12. The lowest BCUT2D eigenvalue weighted by molar-refractivity contribution is 0.615. The van der Waals surface area contributed by atoms with Crippen molar-refractivity contribution in [3.8, 4) is 0 Å². The number of hydrogen-bond acceptors (Lipinski definition) is 2. The van der Waals surface area contributed by atoms with Gasteiger partial charge in [0, 0.05) is 12.1 Å². The molecule has 0 spiro atoms. The van der Waals surface area contributed by atoms with Crippen molar-refractivity contribution in [3.63, 3.8) is 0 Å². The molecule has 1 aromatic rings. The normalized spacial score (nSPS) is 14.9. The van der Waals surface area contributed by atoms with Crippen molar-refractivity contribution in [2.75, 3.05) is 5.32 Å². The number of nitrogens with two attached hydrogens (primary N) is 1. The molecule has 0 aliphatic carbocycles. The van der Waals surface area contributed by atoms with E-state index in [0.717, 1.165) is 5.69 Å². The largest absolute Gasteiger partial charge is 0.380 e. The van der Waals surface area contributed by atoms with Crippen LogP contribution in [0.1, 0.15) is 13.8 Å². The molecule has 2 atom stereocenters. The number of hydrogen-bond donors (Lipinski definition) is 2. The Morgan fingerprint density at radius 3 is 2.64 bits per heavy atom. The summed E-state index contributed by atoms with van der Waals surface area (Å²) in [5.41, 5.74) is 6.51. The predicted molar refractivity (Wildman–Crippen MR) is 65.9 cm³/mol. The van der Waals surface area contributed by atoms with Crippen LogP contribution in [0.4, 0.5) is 10.1 Å². The van der Waals surface area contributed by atoms with Crippen LogP contribution in [0.3, 0.4) is 0 Å². The second-order valence-corrected chi connectivity index (χ2v) is 4.47. The lowest BCUT2D eigenvalue weighted by atomic mass is 10.2. The van der Waals surface area contributed by atoms with Gasteiger partial charge in [-0.05, 0) is 48.6 Å². The molecule has 14 heavy (non-hydrogen) atoms. The Bertz CT molecular complexity index is 315. The molecule has 0 radical (unpaired) electrons. The standard InChI is InChI=1S/C10H14FIN2/c1-6(13)7(2)14-9-5-3-4-8(11)10(9)12/h3-7,14H,13H2,1-2H3. The first kappa shape index (κ1) is 11.7. The Labute approximate surface area is 97.2 Å². The SMILES string of the molecule is CC(N)C(C)Nc1cccc(F)c1I. The first-order valence-electron chi connectivity index (χ1n) is 4.48. The first-order valence-corrected chi connectivity index (χ1v) is 5.56. The summed E-state index contributed by atoms with van der Waals surface area (Å²) in [4.78, 5) is 0. The second-order valence-electron chi connectivity index (χ2n) is 3.39. The third kappa shape index (κ3) is 2.81. The Morgan fingerprint density at radius 1 is 1.43 bits per heavy atom. The van der Waals surface area contributed by atoms with E-state index >= 15 is 0 Å². The van der Waals surface area contributed by atoms with Crippen molar-refractivity contribution >= 4 is 28.3 Å². The summed E-state index contributed by atoms with van der Waals surface area (Å²) >= 11 is 1.98. The number of halogens is 2. The van der Waals surface area contributed by atoms with Crippen LogP contribution in [0, 0.1) is 9.39 Å². The van der Waals surface area contributed by atoms with Gasteiger partial charge < -0.3 is 11.1 Å². The summed E-state index contributed by atoms with van der Waals surface area (Å²) in [5, 5.41) is 3.18. The molecule has 1 rings (SSSR count). The van der Waals surface area contributed by atoms with Crippen molar-refractivity contribution in [2.24, 2.45) is 5.73 Å². The summed E-state index contributed by atoms with van der Waals surface area (Å²) in [6.07, 6.45) is 0. The van der Waals surface area contributed by atoms with E-state index in [1.807, 2.05) is 42.5 Å². The molecule has 0 aromatic heterocycles.